The van der Waals surface area contributed by atoms with Crippen LogP contribution in [0.15, 0.2) is 29.2 Å². The quantitative estimate of drug-likeness (QED) is 0.738. The molecule has 1 amide bonds. The van der Waals surface area contributed by atoms with Crippen LogP contribution in [0.3, 0.4) is 0 Å². The van der Waals surface area contributed by atoms with Crippen molar-refractivity contribution in [2.45, 2.75) is 38.8 Å². The van der Waals surface area contributed by atoms with Gasteiger partial charge in [-0.05, 0) is 24.0 Å². The van der Waals surface area contributed by atoms with Gasteiger partial charge < -0.3 is 4.90 Å². The van der Waals surface area contributed by atoms with Gasteiger partial charge in [-0.25, -0.2) is 0 Å². The highest BCUT2D eigenvalue weighted by molar-refractivity contribution is 8.00. The van der Waals surface area contributed by atoms with Crippen LogP contribution in [-0.4, -0.2) is 35.8 Å². The van der Waals surface area contributed by atoms with Crippen molar-refractivity contribution < 1.29 is 18.0 Å². The molecule has 0 saturated carbocycles. The second-order valence-corrected chi connectivity index (χ2v) is 7.50. The highest BCUT2D eigenvalue weighted by atomic mass is 32.2. The number of alkyl halides is 3. The monoisotopic (exact) mass is 333 g/mol. The van der Waals surface area contributed by atoms with Crippen molar-refractivity contribution in [2.75, 3.05) is 18.8 Å². The molecule has 124 valence electrons. The Kier molecular flexibility index (Phi) is 6.35. The van der Waals surface area contributed by atoms with Crippen LogP contribution in [0, 0.1) is 12.3 Å². The Balaban J connectivity index is 2.73. The molecule has 0 heterocycles. The van der Waals surface area contributed by atoms with E-state index in [-0.39, 0.29) is 17.7 Å². The smallest absolute Gasteiger partial charge is 0.332 e. The predicted molar refractivity (Wildman–Crippen MR) is 84.0 cm³/mol. The first-order chi connectivity index (χ1) is 9.98. The van der Waals surface area contributed by atoms with Gasteiger partial charge in [0, 0.05) is 11.4 Å². The zero-order chi connectivity index (χ0) is 17.0. The van der Waals surface area contributed by atoms with Gasteiger partial charge in [0.25, 0.3) is 0 Å². The third-order valence-electron chi connectivity index (χ3n) is 2.83. The van der Waals surface area contributed by atoms with Crippen molar-refractivity contribution >= 4 is 17.7 Å². The van der Waals surface area contributed by atoms with Crippen LogP contribution in [0.1, 0.15) is 26.3 Å². The molecular formula is C16H22F3NOS. The third kappa shape index (κ3) is 7.20. The molecule has 0 aliphatic carbocycles. The molecule has 1 aromatic carbocycles. The van der Waals surface area contributed by atoms with Gasteiger partial charge in [0.15, 0.2) is 0 Å². The summed E-state index contributed by atoms with van der Waals surface area (Å²) in [6.45, 7) is 6.25. The maximum absolute atomic E-state index is 12.7. The number of halogens is 3. The molecule has 1 aromatic rings. The molecular weight excluding hydrogens is 311 g/mol. The SMILES string of the molecule is Cc1ccccc1SCC(=O)N(CC(C)(C)C)CC(F)(F)F. The molecule has 0 spiro atoms. The summed E-state index contributed by atoms with van der Waals surface area (Å²) in [7, 11) is 0. The van der Waals surface area contributed by atoms with E-state index < -0.39 is 18.6 Å². The van der Waals surface area contributed by atoms with Gasteiger partial charge in [-0.2, -0.15) is 13.2 Å². The number of rotatable bonds is 5. The highest BCUT2D eigenvalue weighted by Crippen LogP contribution is 2.25. The lowest BCUT2D eigenvalue weighted by atomic mass is 9.96. The summed E-state index contributed by atoms with van der Waals surface area (Å²) in [5.74, 6) is -0.475. The molecule has 0 aliphatic heterocycles. The van der Waals surface area contributed by atoms with Crippen molar-refractivity contribution in [2.24, 2.45) is 5.41 Å². The van der Waals surface area contributed by atoms with E-state index in [9.17, 15) is 18.0 Å². The van der Waals surface area contributed by atoms with Gasteiger partial charge in [0.2, 0.25) is 5.91 Å². The van der Waals surface area contributed by atoms with Crippen molar-refractivity contribution in [1.82, 2.24) is 4.90 Å². The topological polar surface area (TPSA) is 20.3 Å². The zero-order valence-corrected chi connectivity index (χ0v) is 14.1. The van der Waals surface area contributed by atoms with Gasteiger partial charge in [-0.3, -0.25) is 4.79 Å². The number of benzene rings is 1. The zero-order valence-electron chi connectivity index (χ0n) is 13.3. The number of nitrogens with zero attached hydrogens (tertiary/aromatic N) is 1. The van der Waals surface area contributed by atoms with Crippen LogP contribution < -0.4 is 0 Å². The van der Waals surface area contributed by atoms with Gasteiger partial charge in [0.05, 0.1) is 5.75 Å². The first-order valence-corrected chi connectivity index (χ1v) is 7.99. The summed E-state index contributed by atoms with van der Waals surface area (Å²) in [5.41, 5.74) is 0.632. The molecule has 0 atom stereocenters. The summed E-state index contributed by atoms with van der Waals surface area (Å²) in [6.07, 6.45) is -4.38. The largest absolute Gasteiger partial charge is 0.406 e. The summed E-state index contributed by atoms with van der Waals surface area (Å²) in [5, 5.41) is 0. The van der Waals surface area contributed by atoms with E-state index in [1.807, 2.05) is 52.0 Å². The number of carbonyl (C=O) groups is 1. The minimum absolute atomic E-state index is 0.0109. The number of thioether (sulfide) groups is 1. The molecule has 0 saturated heterocycles. The fourth-order valence-electron chi connectivity index (χ4n) is 1.97. The standard InChI is InChI=1S/C16H22F3NOS/c1-12-7-5-6-8-13(12)22-9-14(21)20(10-15(2,3)4)11-16(17,18)19/h5-8H,9-11H2,1-4H3. The Labute approximate surface area is 134 Å². The van der Waals surface area contributed by atoms with Crippen molar-refractivity contribution in [3.63, 3.8) is 0 Å². The average Bonchev–Trinajstić information content (AvgIpc) is 2.33. The molecule has 0 unspecified atom stereocenters. The van der Waals surface area contributed by atoms with Gasteiger partial charge in [-0.1, -0.05) is 39.0 Å². The molecule has 6 heteroatoms. The lowest BCUT2D eigenvalue weighted by Gasteiger charge is -2.30. The van der Waals surface area contributed by atoms with Crippen molar-refractivity contribution in [3.05, 3.63) is 29.8 Å². The Hall–Kier alpha value is -1.17. The Morgan fingerprint density at radius 2 is 1.73 bits per heavy atom. The van der Waals surface area contributed by atoms with E-state index >= 15 is 0 Å². The fraction of sp³-hybridized carbons (Fsp3) is 0.562. The maximum atomic E-state index is 12.7. The number of amides is 1. The van der Waals surface area contributed by atoms with E-state index in [4.69, 9.17) is 0 Å². The molecule has 0 aromatic heterocycles. The highest BCUT2D eigenvalue weighted by Gasteiger charge is 2.34. The summed E-state index contributed by atoms with van der Waals surface area (Å²) in [4.78, 5) is 14.0. The molecule has 0 radical (unpaired) electrons. The summed E-state index contributed by atoms with van der Waals surface area (Å²) in [6, 6.07) is 7.51. The first-order valence-electron chi connectivity index (χ1n) is 7.01. The summed E-state index contributed by atoms with van der Waals surface area (Å²) >= 11 is 1.28. The van der Waals surface area contributed by atoms with Crippen LogP contribution in [-0.2, 0) is 4.79 Å². The lowest BCUT2D eigenvalue weighted by molar-refractivity contribution is -0.161. The van der Waals surface area contributed by atoms with E-state index in [1.165, 1.54) is 11.8 Å². The van der Waals surface area contributed by atoms with Gasteiger partial charge in [0.1, 0.15) is 6.54 Å². The normalized spacial score (nSPS) is 12.3. The minimum atomic E-state index is -4.38. The minimum Gasteiger partial charge on any atom is -0.332 e. The van der Waals surface area contributed by atoms with E-state index in [1.54, 1.807) is 0 Å². The van der Waals surface area contributed by atoms with E-state index in [0.29, 0.717) is 0 Å². The molecule has 0 fully saturated rings. The second-order valence-electron chi connectivity index (χ2n) is 6.48. The van der Waals surface area contributed by atoms with E-state index in [0.717, 1.165) is 15.4 Å². The van der Waals surface area contributed by atoms with Crippen molar-refractivity contribution in [1.29, 1.82) is 0 Å². The van der Waals surface area contributed by atoms with Crippen LogP contribution >= 0.6 is 11.8 Å². The van der Waals surface area contributed by atoms with Crippen LogP contribution in [0.25, 0.3) is 0 Å². The van der Waals surface area contributed by atoms with Gasteiger partial charge in [-0.15, -0.1) is 11.8 Å². The second kappa shape index (κ2) is 7.40. The Bertz CT molecular complexity index is 493. The molecule has 0 aliphatic rings. The summed E-state index contributed by atoms with van der Waals surface area (Å²) < 4.78 is 38.0. The lowest BCUT2D eigenvalue weighted by Crippen LogP contribution is -2.44. The third-order valence-corrected chi connectivity index (χ3v) is 3.99. The van der Waals surface area contributed by atoms with Gasteiger partial charge >= 0.3 is 6.18 Å². The molecule has 1 rings (SSSR count). The molecule has 2 nitrogen and oxygen atoms in total. The van der Waals surface area contributed by atoms with Crippen molar-refractivity contribution in [3.8, 4) is 0 Å². The van der Waals surface area contributed by atoms with E-state index in [2.05, 4.69) is 0 Å². The average molecular weight is 333 g/mol. The predicted octanol–water partition coefficient (Wildman–Crippen LogP) is 4.52. The van der Waals surface area contributed by atoms with Crippen LogP contribution in [0.2, 0.25) is 0 Å². The number of aryl methyl sites for hydroxylation is 1. The fourth-order valence-corrected chi connectivity index (χ4v) is 2.90. The van der Waals surface area contributed by atoms with Crippen LogP contribution in [0.5, 0.6) is 0 Å². The maximum Gasteiger partial charge on any atom is 0.406 e. The molecule has 0 N–H and O–H groups in total. The molecule has 22 heavy (non-hydrogen) atoms. The molecule has 0 bridgehead atoms. The number of carbonyl (C=O) groups excluding carboxylic acids is 1. The number of hydrogen-bond acceptors (Lipinski definition) is 2. The number of hydrogen-bond donors (Lipinski definition) is 0. The first kappa shape index (κ1) is 18.9. The Morgan fingerprint density at radius 1 is 1.14 bits per heavy atom. The van der Waals surface area contributed by atoms with Crippen LogP contribution in [0.4, 0.5) is 13.2 Å². The Morgan fingerprint density at radius 3 is 2.23 bits per heavy atom.